The number of hydrogen-bond donors (Lipinski definition) is 2. The van der Waals surface area contributed by atoms with E-state index in [0.29, 0.717) is 12.8 Å². The van der Waals surface area contributed by atoms with Crippen LogP contribution in [0.5, 0.6) is 0 Å². The molecule has 0 bridgehead atoms. The van der Waals surface area contributed by atoms with Crippen LogP contribution in [0.3, 0.4) is 0 Å². The summed E-state index contributed by atoms with van der Waals surface area (Å²) < 4.78 is 4.91. The fourth-order valence-electron chi connectivity index (χ4n) is 3.42. The third kappa shape index (κ3) is 4.80. The molecule has 1 heterocycles. The maximum atomic E-state index is 12.5. The molecule has 1 amide bonds. The van der Waals surface area contributed by atoms with Crippen molar-refractivity contribution in [1.29, 1.82) is 0 Å². The first-order valence-corrected chi connectivity index (χ1v) is 9.55. The zero-order valence-electron chi connectivity index (χ0n) is 16.3. The molecule has 3 aromatic rings. The minimum atomic E-state index is -0.705. The average molecular weight is 378 g/mol. The minimum Gasteiger partial charge on any atom is -0.467 e. The molecule has 2 atom stereocenters. The Bertz CT molecular complexity index is 933. The molecule has 28 heavy (non-hydrogen) atoms. The Labute approximate surface area is 165 Å². The number of amides is 1. The molecular formula is C23H26N2O3. The summed E-state index contributed by atoms with van der Waals surface area (Å²) in [6.45, 7) is 2.10. The molecule has 5 heteroatoms. The van der Waals surface area contributed by atoms with Crippen molar-refractivity contribution in [2.24, 2.45) is 0 Å². The number of methoxy groups -OCH3 is 1. The first kappa shape index (κ1) is 19.7. The molecule has 0 aliphatic heterocycles. The summed E-state index contributed by atoms with van der Waals surface area (Å²) in [6.07, 6.45) is 3.34. The molecule has 0 saturated heterocycles. The number of para-hydroxylation sites is 1. The number of H-pyrrole nitrogens is 1. The van der Waals surface area contributed by atoms with Gasteiger partial charge in [0.25, 0.3) is 0 Å². The van der Waals surface area contributed by atoms with E-state index in [9.17, 15) is 9.59 Å². The summed E-state index contributed by atoms with van der Waals surface area (Å²) in [5.41, 5.74) is 3.19. The maximum Gasteiger partial charge on any atom is 0.328 e. The minimum absolute atomic E-state index is 0.141. The van der Waals surface area contributed by atoms with Gasteiger partial charge in [-0.05, 0) is 29.5 Å². The van der Waals surface area contributed by atoms with Gasteiger partial charge < -0.3 is 15.0 Å². The van der Waals surface area contributed by atoms with E-state index in [4.69, 9.17) is 4.74 Å². The molecule has 0 unspecified atom stereocenters. The lowest BCUT2D eigenvalue weighted by Crippen LogP contribution is -2.43. The molecule has 0 aliphatic carbocycles. The van der Waals surface area contributed by atoms with Gasteiger partial charge in [0.1, 0.15) is 6.04 Å². The van der Waals surface area contributed by atoms with E-state index in [1.54, 1.807) is 0 Å². The number of ether oxygens (including phenoxy) is 1. The maximum absolute atomic E-state index is 12.5. The van der Waals surface area contributed by atoms with Crippen molar-refractivity contribution in [1.82, 2.24) is 10.3 Å². The lowest BCUT2D eigenvalue weighted by Gasteiger charge is -2.17. The summed E-state index contributed by atoms with van der Waals surface area (Å²) >= 11 is 0. The van der Waals surface area contributed by atoms with Crippen LogP contribution in [0.1, 0.15) is 36.8 Å². The second-order valence-electron chi connectivity index (χ2n) is 7.06. The van der Waals surface area contributed by atoms with Crippen molar-refractivity contribution in [3.63, 3.8) is 0 Å². The first-order chi connectivity index (χ1) is 13.6. The van der Waals surface area contributed by atoms with Gasteiger partial charge in [0.2, 0.25) is 5.91 Å². The molecule has 3 rings (SSSR count). The van der Waals surface area contributed by atoms with E-state index in [-0.39, 0.29) is 11.8 Å². The number of fused-ring (bicyclic) bond motifs is 1. The molecule has 5 nitrogen and oxygen atoms in total. The number of hydrogen-bond acceptors (Lipinski definition) is 3. The Balaban J connectivity index is 1.62. The van der Waals surface area contributed by atoms with E-state index >= 15 is 0 Å². The number of nitrogens with one attached hydrogen (secondary N) is 2. The second kappa shape index (κ2) is 9.22. The third-order valence-electron chi connectivity index (χ3n) is 5.09. The number of carbonyl (C=O) groups is 2. The Morgan fingerprint density at radius 2 is 1.79 bits per heavy atom. The Kier molecular flexibility index (Phi) is 6.48. The number of carbonyl (C=O) groups excluding carboxylic acids is 2. The summed E-state index contributed by atoms with van der Waals surface area (Å²) in [4.78, 5) is 27.9. The molecule has 2 N–H and O–H groups in total. The molecule has 2 aromatic carbocycles. The highest BCUT2D eigenvalue weighted by Crippen LogP contribution is 2.21. The summed E-state index contributed by atoms with van der Waals surface area (Å²) in [5, 5.41) is 3.89. The van der Waals surface area contributed by atoms with E-state index in [0.717, 1.165) is 22.9 Å². The predicted molar refractivity (Wildman–Crippen MR) is 110 cm³/mol. The van der Waals surface area contributed by atoms with Crippen LogP contribution in [0, 0.1) is 0 Å². The lowest BCUT2D eigenvalue weighted by atomic mass is 9.96. The van der Waals surface area contributed by atoms with Gasteiger partial charge in [0.15, 0.2) is 0 Å². The fraction of sp³-hybridized carbons (Fsp3) is 0.304. The molecule has 1 aromatic heterocycles. The highest BCUT2D eigenvalue weighted by atomic mass is 16.5. The highest BCUT2D eigenvalue weighted by molar-refractivity contribution is 5.87. The van der Waals surface area contributed by atoms with Crippen LogP contribution < -0.4 is 5.32 Å². The zero-order valence-corrected chi connectivity index (χ0v) is 16.3. The van der Waals surface area contributed by atoms with Gasteiger partial charge in [-0.1, -0.05) is 55.5 Å². The SMILES string of the molecule is COC(=O)[C@H](Cc1c[nH]c2ccccc12)NC(=O)CC[C@H](C)c1ccccc1. The molecule has 0 spiro atoms. The number of aromatic amines is 1. The standard InChI is InChI=1S/C23H26N2O3/c1-16(17-8-4-3-5-9-17)12-13-22(26)25-21(23(27)28-2)14-18-15-24-20-11-7-6-10-19(18)20/h3-11,15-16,21,24H,12-14H2,1-2H3,(H,25,26)/t16-,21-/m0/s1. The molecule has 0 radical (unpaired) electrons. The molecule has 0 fully saturated rings. The fourth-order valence-corrected chi connectivity index (χ4v) is 3.42. The van der Waals surface area contributed by atoms with Crippen molar-refractivity contribution in [2.45, 2.75) is 38.1 Å². The Morgan fingerprint density at radius 1 is 1.07 bits per heavy atom. The van der Waals surface area contributed by atoms with Crippen LogP contribution in [0.25, 0.3) is 10.9 Å². The predicted octanol–water partition coefficient (Wildman–Crippen LogP) is 3.95. The number of benzene rings is 2. The monoisotopic (exact) mass is 378 g/mol. The number of esters is 1. The van der Waals surface area contributed by atoms with Gasteiger partial charge in [-0.3, -0.25) is 4.79 Å². The van der Waals surface area contributed by atoms with Crippen molar-refractivity contribution >= 4 is 22.8 Å². The van der Waals surface area contributed by atoms with Crippen LogP contribution in [-0.2, 0) is 20.7 Å². The van der Waals surface area contributed by atoms with Crippen LogP contribution >= 0.6 is 0 Å². The van der Waals surface area contributed by atoms with Crippen molar-refractivity contribution in [2.75, 3.05) is 7.11 Å². The van der Waals surface area contributed by atoms with Gasteiger partial charge in [0, 0.05) is 29.9 Å². The topological polar surface area (TPSA) is 71.2 Å². The highest BCUT2D eigenvalue weighted by Gasteiger charge is 2.23. The third-order valence-corrected chi connectivity index (χ3v) is 5.09. The summed E-state index contributed by atoms with van der Waals surface area (Å²) in [5.74, 6) is -0.301. The summed E-state index contributed by atoms with van der Waals surface area (Å²) in [6, 6.07) is 17.3. The van der Waals surface area contributed by atoms with Gasteiger partial charge >= 0.3 is 5.97 Å². The molecule has 146 valence electrons. The first-order valence-electron chi connectivity index (χ1n) is 9.55. The smallest absolute Gasteiger partial charge is 0.328 e. The molecule has 0 aliphatic rings. The zero-order chi connectivity index (χ0) is 19.9. The van der Waals surface area contributed by atoms with Crippen molar-refractivity contribution in [3.05, 3.63) is 71.9 Å². The van der Waals surface area contributed by atoms with Crippen molar-refractivity contribution in [3.8, 4) is 0 Å². The van der Waals surface area contributed by atoms with Crippen molar-refractivity contribution < 1.29 is 14.3 Å². The average Bonchev–Trinajstić information content (AvgIpc) is 3.14. The van der Waals surface area contributed by atoms with Gasteiger partial charge in [-0.15, -0.1) is 0 Å². The summed E-state index contributed by atoms with van der Waals surface area (Å²) in [7, 11) is 1.34. The molecule has 0 saturated carbocycles. The van der Waals surface area contributed by atoms with Gasteiger partial charge in [0.05, 0.1) is 7.11 Å². The number of aromatic nitrogens is 1. The lowest BCUT2D eigenvalue weighted by molar-refractivity contribution is -0.145. The molecular weight excluding hydrogens is 352 g/mol. The van der Waals surface area contributed by atoms with Crippen LogP contribution in [0.4, 0.5) is 0 Å². The number of rotatable bonds is 8. The van der Waals surface area contributed by atoms with E-state index in [1.165, 1.54) is 12.7 Å². The van der Waals surface area contributed by atoms with Gasteiger partial charge in [-0.2, -0.15) is 0 Å². The Morgan fingerprint density at radius 3 is 2.54 bits per heavy atom. The normalized spacial score (nSPS) is 13.1. The van der Waals surface area contributed by atoms with E-state index < -0.39 is 12.0 Å². The van der Waals surface area contributed by atoms with Crippen LogP contribution in [0.2, 0.25) is 0 Å². The van der Waals surface area contributed by atoms with Crippen LogP contribution in [0.15, 0.2) is 60.8 Å². The van der Waals surface area contributed by atoms with Gasteiger partial charge in [-0.25, -0.2) is 4.79 Å². The van der Waals surface area contributed by atoms with E-state index in [2.05, 4.69) is 29.4 Å². The Hall–Kier alpha value is -3.08. The quantitative estimate of drug-likeness (QED) is 0.583. The largest absolute Gasteiger partial charge is 0.467 e. The second-order valence-corrected chi connectivity index (χ2v) is 7.06. The van der Waals surface area contributed by atoms with Crippen LogP contribution in [-0.4, -0.2) is 30.0 Å². The van der Waals surface area contributed by atoms with E-state index in [1.807, 2.05) is 48.7 Å².